The van der Waals surface area contributed by atoms with Gasteiger partial charge in [0, 0.05) is 19.5 Å². The quantitative estimate of drug-likeness (QED) is 0.585. The molecule has 0 aromatic carbocycles. The second-order valence-corrected chi connectivity index (χ2v) is 3.43. The molecule has 12 heavy (non-hydrogen) atoms. The molecule has 0 N–H and O–H groups in total. The zero-order chi connectivity index (χ0) is 8.39. The number of nitrogens with zero attached hydrogens (tertiary/aromatic N) is 2. The average molecular weight is 168 g/mol. The van der Waals surface area contributed by atoms with Crippen molar-refractivity contribution in [2.45, 2.75) is 25.8 Å². The monoisotopic (exact) mass is 168 g/mol. The van der Waals surface area contributed by atoms with Crippen molar-refractivity contribution >= 4 is 5.90 Å². The number of hydrogen-bond donors (Lipinski definition) is 0. The van der Waals surface area contributed by atoms with E-state index in [1.54, 1.807) is 0 Å². The van der Waals surface area contributed by atoms with Gasteiger partial charge in [-0.2, -0.15) is 0 Å². The molecule has 68 valence electrons. The Morgan fingerprint density at radius 1 is 1.67 bits per heavy atom. The van der Waals surface area contributed by atoms with Crippen molar-refractivity contribution in [1.29, 1.82) is 0 Å². The van der Waals surface area contributed by atoms with Crippen LogP contribution >= 0.6 is 0 Å². The Bertz CT molecular complexity index is 191. The Morgan fingerprint density at radius 2 is 2.58 bits per heavy atom. The highest BCUT2D eigenvalue weighted by atomic mass is 16.5. The van der Waals surface area contributed by atoms with E-state index in [9.17, 15) is 0 Å². The maximum atomic E-state index is 5.49. The highest BCUT2D eigenvalue weighted by Crippen LogP contribution is 2.21. The number of ether oxygens (including phenoxy) is 1. The number of rotatable bonds is 3. The summed E-state index contributed by atoms with van der Waals surface area (Å²) in [4.78, 5) is 6.78. The third kappa shape index (κ3) is 1.61. The first-order valence-electron chi connectivity index (χ1n) is 4.83. The molecule has 2 unspecified atom stereocenters. The molecule has 0 spiro atoms. The molecule has 2 rings (SSSR count). The molecule has 0 aliphatic carbocycles. The lowest BCUT2D eigenvalue weighted by Gasteiger charge is -2.13. The lowest BCUT2D eigenvalue weighted by Crippen LogP contribution is -2.22. The van der Waals surface area contributed by atoms with Crippen LogP contribution in [0.5, 0.6) is 0 Å². The Morgan fingerprint density at radius 3 is 3.25 bits per heavy atom. The maximum absolute atomic E-state index is 5.49. The fourth-order valence-electron chi connectivity index (χ4n) is 1.62. The molecule has 2 aliphatic rings. The molecule has 1 fully saturated rings. The van der Waals surface area contributed by atoms with Gasteiger partial charge in [0.25, 0.3) is 0 Å². The molecule has 1 saturated heterocycles. The van der Waals surface area contributed by atoms with E-state index in [1.807, 2.05) is 0 Å². The van der Waals surface area contributed by atoms with Crippen molar-refractivity contribution < 1.29 is 4.74 Å². The van der Waals surface area contributed by atoms with Gasteiger partial charge in [-0.25, -0.2) is 0 Å². The Balaban J connectivity index is 1.83. The number of aliphatic imine (C=N–C) groups is 1. The minimum Gasteiger partial charge on any atom is -0.480 e. The summed E-state index contributed by atoms with van der Waals surface area (Å²) >= 11 is 0. The lowest BCUT2D eigenvalue weighted by molar-refractivity contribution is 0.270. The van der Waals surface area contributed by atoms with Crippen molar-refractivity contribution in [3.05, 3.63) is 0 Å². The van der Waals surface area contributed by atoms with E-state index in [2.05, 4.69) is 16.8 Å². The van der Waals surface area contributed by atoms with Gasteiger partial charge >= 0.3 is 0 Å². The van der Waals surface area contributed by atoms with Gasteiger partial charge in [0.1, 0.15) is 0 Å². The Hall–Kier alpha value is -0.570. The van der Waals surface area contributed by atoms with Gasteiger partial charge in [0.15, 0.2) is 0 Å². The molecular weight excluding hydrogens is 152 g/mol. The highest BCUT2D eigenvalue weighted by molar-refractivity contribution is 5.85. The molecule has 2 atom stereocenters. The fraction of sp³-hybridized carbons (Fsp3) is 0.889. The second-order valence-electron chi connectivity index (χ2n) is 3.43. The van der Waals surface area contributed by atoms with Crippen LogP contribution in [-0.4, -0.2) is 43.1 Å². The van der Waals surface area contributed by atoms with E-state index in [4.69, 9.17) is 4.74 Å². The average Bonchev–Trinajstić information content (AvgIpc) is 2.87. The van der Waals surface area contributed by atoms with Gasteiger partial charge in [0.2, 0.25) is 5.90 Å². The smallest absolute Gasteiger partial charge is 0.202 e. The molecule has 3 heteroatoms. The van der Waals surface area contributed by atoms with E-state index in [0.29, 0.717) is 6.04 Å². The van der Waals surface area contributed by atoms with Gasteiger partial charge in [-0.3, -0.25) is 9.89 Å². The molecule has 0 amide bonds. The van der Waals surface area contributed by atoms with Gasteiger partial charge < -0.3 is 4.74 Å². The zero-order valence-corrected chi connectivity index (χ0v) is 7.62. The highest BCUT2D eigenvalue weighted by Gasteiger charge is 2.39. The van der Waals surface area contributed by atoms with E-state index >= 15 is 0 Å². The Kier molecular flexibility index (Phi) is 2.30. The normalized spacial score (nSPS) is 33.9. The van der Waals surface area contributed by atoms with Gasteiger partial charge in [-0.1, -0.05) is 6.92 Å². The molecular formula is C9H16N2O. The van der Waals surface area contributed by atoms with Crippen molar-refractivity contribution in [2.24, 2.45) is 4.99 Å². The van der Waals surface area contributed by atoms with Crippen molar-refractivity contribution in [2.75, 3.05) is 26.2 Å². The van der Waals surface area contributed by atoms with Gasteiger partial charge in [-0.05, 0) is 13.0 Å². The lowest BCUT2D eigenvalue weighted by atomic mass is 10.4. The molecule has 2 aliphatic heterocycles. The van der Waals surface area contributed by atoms with E-state index < -0.39 is 0 Å². The summed E-state index contributed by atoms with van der Waals surface area (Å²) in [6.45, 7) is 6.39. The maximum Gasteiger partial charge on any atom is 0.202 e. The molecule has 3 nitrogen and oxygen atoms in total. The summed E-state index contributed by atoms with van der Waals surface area (Å²) in [5, 5.41) is 0. The summed E-state index contributed by atoms with van der Waals surface area (Å²) in [7, 11) is 0. The minimum absolute atomic E-state index is 0.533. The summed E-state index contributed by atoms with van der Waals surface area (Å²) in [6, 6.07) is 0.533. The summed E-state index contributed by atoms with van der Waals surface area (Å²) in [6.07, 6.45) is 2.31. The Labute approximate surface area is 73.4 Å². The summed E-state index contributed by atoms with van der Waals surface area (Å²) < 4.78 is 5.49. The summed E-state index contributed by atoms with van der Waals surface area (Å²) in [5.41, 5.74) is 0. The van der Waals surface area contributed by atoms with Crippen molar-refractivity contribution in [3.8, 4) is 0 Å². The van der Waals surface area contributed by atoms with Crippen LogP contribution in [0.15, 0.2) is 4.99 Å². The first-order chi connectivity index (χ1) is 5.92. The van der Waals surface area contributed by atoms with Crippen LogP contribution in [0.2, 0.25) is 0 Å². The van der Waals surface area contributed by atoms with E-state index in [1.165, 1.54) is 13.0 Å². The van der Waals surface area contributed by atoms with Crippen LogP contribution in [0.25, 0.3) is 0 Å². The van der Waals surface area contributed by atoms with Crippen LogP contribution in [0.1, 0.15) is 19.8 Å². The van der Waals surface area contributed by atoms with Crippen LogP contribution in [0, 0.1) is 0 Å². The first kappa shape index (κ1) is 8.05. The van der Waals surface area contributed by atoms with E-state index in [0.717, 1.165) is 32.0 Å². The predicted octanol–water partition coefficient (Wildman–Crippen LogP) is 0.899. The van der Waals surface area contributed by atoms with Crippen LogP contribution in [-0.2, 0) is 4.74 Å². The van der Waals surface area contributed by atoms with Gasteiger partial charge in [0.05, 0.1) is 12.6 Å². The molecule has 0 bridgehead atoms. The van der Waals surface area contributed by atoms with Gasteiger partial charge in [-0.15, -0.1) is 0 Å². The molecule has 0 aromatic rings. The van der Waals surface area contributed by atoms with Crippen LogP contribution in [0.3, 0.4) is 0 Å². The summed E-state index contributed by atoms with van der Waals surface area (Å²) in [5.74, 6) is 0.995. The van der Waals surface area contributed by atoms with Crippen LogP contribution < -0.4 is 0 Å². The fourth-order valence-corrected chi connectivity index (χ4v) is 1.62. The predicted molar refractivity (Wildman–Crippen MR) is 48.5 cm³/mol. The minimum atomic E-state index is 0.533. The SMILES string of the molecule is CCCN1CC1C1=NCCCO1. The third-order valence-electron chi connectivity index (χ3n) is 2.33. The van der Waals surface area contributed by atoms with Crippen LogP contribution in [0.4, 0.5) is 0 Å². The standard InChI is InChI=1S/C9H16N2O/c1-2-5-11-7-8(11)9-10-4-3-6-12-9/h8H,2-7H2,1H3. The van der Waals surface area contributed by atoms with E-state index in [-0.39, 0.29) is 0 Å². The van der Waals surface area contributed by atoms with Crippen molar-refractivity contribution in [3.63, 3.8) is 0 Å². The molecule has 2 heterocycles. The topological polar surface area (TPSA) is 24.6 Å². The molecule has 0 aromatic heterocycles. The molecule has 0 saturated carbocycles. The second kappa shape index (κ2) is 3.44. The van der Waals surface area contributed by atoms with Crippen molar-refractivity contribution in [1.82, 2.24) is 4.90 Å². The number of hydrogen-bond acceptors (Lipinski definition) is 3. The third-order valence-corrected chi connectivity index (χ3v) is 2.33. The first-order valence-corrected chi connectivity index (χ1v) is 4.83. The largest absolute Gasteiger partial charge is 0.480 e. The molecule has 0 radical (unpaired) electrons. The zero-order valence-electron chi connectivity index (χ0n) is 7.62.